The molecule has 2 heterocycles. The fraction of sp³-hybridized carbons (Fsp3) is 0.825. The van der Waals surface area contributed by atoms with Crippen molar-refractivity contribution in [1.82, 2.24) is 16.0 Å². The lowest BCUT2D eigenvalue weighted by Gasteiger charge is -2.52. The topological polar surface area (TPSA) is 165 Å². The Hall–Kier alpha value is -2.83. The summed E-state index contributed by atoms with van der Waals surface area (Å²) in [6.45, 7) is 14.5. The van der Waals surface area contributed by atoms with Crippen molar-refractivity contribution >= 4 is 29.5 Å². The minimum absolute atomic E-state index is 0.00242. The zero-order valence-corrected chi connectivity index (χ0v) is 32.7. The minimum Gasteiger partial charge on any atom is -0.464 e. The van der Waals surface area contributed by atoms with E-state index in [1.165, 1.54) is 5.57 Å². The third-order valence-electron chi connectivity index (χ3n) is 12.8. The number of rotatable bonds is 16. The predicted octanol–water partition coefficient (Wildman–Crippen LogP) is 4.47. The molecule has 12 heteroatoms. The largest absolute Gasteiger partial charge is 0.464 e. The molecule has 2 aliphatic heterocycles. The van der Waals surface area contributed by atoms with Crippen LogP contribution in [0, 0.1) is 22.2 Å². The number of epoxide rings is 2. The van der Waals surface area contributed by atoms with E-state index in [0.717, 1.165) is 19.3 Å². The number of Topliss-reactive ketones (excluding diaryl/α,β-unsaturated/α-hetero) is 1. The maximum atomic E-state index is 14.1. The number of hydrogen-bond acceptors (Lipinski definition) is 9. The lowest BCUT2D eigenvalue weighted by Crippen LogP contribution is -2.62. The van der Waals surface area contributed by atoms with Gasteiger partial charge in [0.15, 0.2) is 0 Å². The summed E-state index contributed by atoms with van der Waals surface area (Å²) >= 11 is 0. The number of allylic oxidation sites excluding steroid dienone is 1. The van der Waals surface area contributed by atoms with Crippen LogP contribution >= 0.6 is 0 Å². The summed E-state index contributed by atoms with van der Waals surface area (Å²) in [5.74, 6) is -0.842. The molecule has 52 heavy (non-hydrogen) atoms. The average Bonchev–Trinajstić information content (AvgIpc) is 4.03. The minimum atomic E-state index is -0.836. The molecule has 4 aliphatic carbocycles. The van der Waals surface area contributed by atoms with Crippen molar-refractivity contribution in [2.75, 3.05) is 26.9 Å². The molecule has 0 aromatic heterocycles. The molecule has 0 unspecified atom stereocenters. The number of carbonyl (C=O) groups excluding carboxylic acids is 5. The van der Waals surface area contributed by atoms with Crippen LogP contribution in [0.25, 0.3) is 0 Å². The highest BCUT2D eigenvalue weighted by Gasteiger charge is 2.72. The van der Waals surface area contributed by atoms with Crippen molar-refractivity contribution in [3.63, 3.8) is 0 Å². The molecule has 1 spiro atoms. The van der Waals surface area contributed by atoms with Gasteiger partial charge in [0.25, 0.3) is 0 Å². The van der Waals surface area contributed by atoms with E-state index in [9.17, 15) is 24.0 Å². The molecule has 6 fully saturated rings. The third kappa shape index (κ3) is 8.59. The van der Waals surface area contributed by atoms with Gasteiger partial charge in [0.2, 0.25) is 17.7 Å². The lowest BCUT2D eigenvalue weighted by atomic mass is 9.53. The monoisotopic (exact) mass is 729 g/mol. The first-order valence-electron chi connectivity index (χ1n) is 19.5. The first-order valence-corrected chi connectivity index (χ1v) is 19.5. The molecule has 6 rings (SSSR count). The van der Waals surface area contributed by atoms with E-state index in [1.807, 2.05) is 0 Å². The number of esters is 1. The van der Waals surface area contributed by atoms with Crippen molar-refractivity contribution in [2.24, 2.45) is 22.2 Å². The van der Waals surface area contributed by atoms with Crippen LogP contribution < -0.4 is 16.0 Å². The van der Waals surface area contributed by atoms with Crippen LogP contribution in [0.5, 0.6) is 0 Å². The Kier molecular flexibility index (Phi) is 12.0. The molecule has 0 radical (unpaired) electrons. The Labute approximate surface area is 309 Å². The highest BCUT2D eigenvalue weighted by atomic mass is 16.6. The van der Waals surface area contributed by atoms with Gasteiger partial charge >= 0.3 is 5.97 Å². The van der Waals surface area contributed by atoms with Crippen LogP contribution in [0.3, 0.4) is 0 Å². The van der Waals surface area contributed by atoms with E-state index in [1.54, 1.807) is 34.8 Å². The van der Waals surface area contributed by atoms with Gasteiger partial charge < -0.3 is 34.9 Å². The van der Waals surface area contributed by atoms with E-state index in [4.69, 9.17) is 18.9 Å². The summed E-state index contributed by atoms with van der Waals surface area (Å²) in [6.07, 6.45) is 9.20. The first-order chi connectivity index (χ1) is 24.4. The molecule has 0 aromatic carbocycles. The zero-order valence-electron chi connectivity index (χ0n) is 32.7. The van der Waals surface area contributed by atoms with Crippen molar-refractivity contribution in [2.45, 2.75) is 161 Å². The SMILES string of the molecule is CO[C@@H]1[C@H](NC(=O)C23CCC(C(=O)NCCCOC(=O)[C@H](C)NC(=O)CCC(=O)C(C)(C)C)(CC2)CC3)CC[C@]2(CO2)[C@H]1[C@]1(C)O[C@@H]1CC=C(C)C. The van der Waals surface area contributed by atoms with Gasteiger partial charge in [0, 0.05) is 48.7 Å². The molecular weight excluding hydrogens is 666 g/mol. The smallest absolute Gasteiger partial charge is 0.328 e. The predicted molar refractivity (Wildman–Crippen MR) is 194 cm³/mol. The molecule has 4 saturated carbocycles. The number of methoxy groups -OCH3 is 1. The second-order valence-corrected chi connectivity index (χ2v) is 17.8. The molecule has 7 atom stereocenters. The van der Waals surface area contributed by atoms with Gasteiger partial charge in [-0.3, -0.25) is 19.2 Å². The summed E-state index contributed by atoms with van der Waals surface area (Å²) in [5.41, 5.74) is -0.811. The molecule has 12 nitrogen and oxygen atoms in total. The van der Waals surface area contributed by atoms with Gasteiger partial charge in [-0.25, -0.2) is 4.79 Å². The maximum Gasteiger partial charge on any atom is 0.328 e. The Balaban J connectivity index is 1.04. The number of fused-ring (bicyclic) bond motifs is 3. The number of amides is 3. The summed E-state index contributed by atoms with van der Waals surface area (Å²) in [4.78, 5) is 64.1. The highest BCUT2D eigenvalue weighted by Crippen LogP contribution is 2.60. The molecule has 6 aliphatic rings. The van der Waals surface area contributed by atoms with Gasteiger partial charge in [-0.15, -0.1) is 0 Å². The Morgan fingerprint density at radius 3 is 2.12 bits per heavy atom. The van der Waals surface area contributed by atoms with Gasteiger partial charge in [-0.1, -0.05) is 32.4 Å². The molecule has 3 N–H and O–H groups in total. The van der Waals surface area contributed by atoms with Crippen LogP contribution in [0.4, 0.5) is 0 Å². The number of carbonyl (C=O) groups is 5. The van der Waals surface area contributed by atoms with E-state index >= 15 is 0 Å². The van der Waals surface area contributed by atoms with Crippen LogP contribution in [-0.4, -0.2) is 91.8 Å². The highest BCUT2D eigenvalue weighted by molar-refractivity contribution is 5.90. The summed E-state index contributed by atoms with van der Waals surface area (Å²) in [6, 6.07) is -0.969. The van der Waals surface area contributed by atoms with E-state index in [2.05, 4.69) is 42.8 Å². The van der Waals surface area contributed by atoms with Crippen molar-refractivity contribution < 1.29 is 42.9 Å². The maximum absolute atomic E-state index is 14.1. The Morgan fingerprint density at radius 2 is 1.56 bits per heavy atom. The van der Waals surface area contributed by atoms with Crippen molar-refractivity contribution in [1.29, 1.82) is 0 Å². The molecule has 0 aromatic rings. The van der Waals surface area contributed by atoms with E-state index in [0.29, 0.717) is 58.1 Å². The van der Waals surface area contributed by atoms with Crippen LogP contribution in [0.1, 0.15) is 126 Å². The number of ketones is 1. The van der Waals surface area contributed by atoms with Crippen molar-refractivity contribution in [3.8, 4) is 0 Å². The molecule has 3 amide bonds. The average molecular weight is 730 g/mol. The van der Waals surface area contributed by atoms with Crippen LogP contribution in [0.2, 0.25) is 0 Å². The van der Waals surface area contributed by atoms with Gasteiger partial charge in [0.1, 0.15) is 17.4 Å². The standard InChI is InChI=1S/C40H63N3O9/c1-25(2)10-12-29-37(7,52-29)32-31(49-8)27(14-15-40(32)24-51-40)43-35(48)39-19-16-38(17-20-39,18-21-39)34(47)41-22-9-23-50-33(46)26(3)42-30(45)13-11-28(44)36(4,5)6/h10,26-27,29,31-32H,9,11-24H2,1-8H3,(H,41,47)(H,42,45)(H,43,48)/t26-,27+,29+,31+,32+,37+,38?,39?,40-/m0/s1. The van der Waals surface area contributed by atoms with Gasteiger partial charge in [0.05, 0.1) is 37.1 Å². The van der Waals surface area contributed by atoms with Gasteiger partial charge in [-0.05, 0) is 91.9 Å². The molecule has 292 valence electrons. The molecule has 2 bridgehead atoms. The fourth-order valence-electron chi connectivity index (χ4n) is 9.06. The van der Waals surface area contributed by atoms with Crippen LogP contribution in [-0.2, 0) is 42.9 Å². The fourth-order valence-corrected chi connectivity index (χ4v) is 9.06. The van der Waals surface area contributed by atoms with Crippen molar-refractivity contribution in [3.05, 3.63) is 11.6 Å². The van der Waals surface area contributed by atoms with E-state index in [-0.39, 0.29) is 78.3 Å². The first kappa shape index (κ1) is 40.4. The van der Waals surface area contributed by atoms with E-state index < -0.39 is 28.3 Å². The van der Waals surface area contributed by atoms with Gasteiger partial charge in [-0.2, -0.15) is 0 Å². The molecular formula is C40H63N3O9. The Bertz CT molecular complexity index is 1390. The summed E-state index contributed by atoms with van der Waals surface area (Å²) in [5, 5.41) is 9.07. The lowest BCUT2D eigenvalue weighted by molar-refractivity contribution is -0.153. The number of ether oxygens (including phenoxy) is 4. The quantitative estimate of drug-likeness (QED) is 0.0900. The normalized spacial score (nSPS) is 35.2. The van der Waals surface area contributed by atoms with Crippen LogP contribution in [0.15, 0.2) is 11.6 Å². The molecule has 2 saturated heterocycles. The third-order valence-corrected chi connectivity index (χ3v) is 12.8. The summed E-state index contributed by atoms with van der Waals surface area (Å²) in [7, 11) is 1.73. The second kappa shape index (κ2) is 15.5. The number of nitrogens with one attached hydrogen (secondary N) is 3. The second-order valence-electron chi connectivity index (χ2n) is 17.8. The Morgan fingerprint density at radius 1 is 0.942 bits per heavy atom. The zero-order chi connectivity index (χ0) is 38.1. The number of hydrogen-bond donors (Lipinski definition) is 3. The summed E-state index contributed by atoms with van der Waals surface area (Å²) < 4.78 is 23.9.